The van der Waals surface area contributed by atoms with E-state index in [9.17, 15) is 0 Å². The molecular formula is C12H18N4O. The third-order valence-electron chi connectivity index (χ3n) is 2.86. The molecule has 2 rings (SSSR count). The molecule has 0 spiro atoms. The van der Waals surface area contributed by atoms with Crippen LogP contribution in [0.5, 0.6) is 0 Å². The molecule has 2 aromatic heterocycles. The van der Waals surface area contributed by atoms with Crippen LogP contribution in [-0.4, -0.2) is 21.4 Å². The van der Waals surface area contributed by atoms with Gasteiger partial charge in [-0.05, 0) is 32.0 Å². The highest BCUT2D eigenvalue weighted by molar-refractivity contribution is 5.16. The molecule has 0 saturated heterocycles. The van der Waals surface area contributed by atoms with Crippen LogP contribution in [0.4, 0.5) is 0 Å². The second-order valence-electron chi connectivity index (χ2n) is 4.19. The Morgan fingerprint density at radius 2 is 2.29 bits per heavy atom. The van der Waals surface area contributed by atoms with E-state index in [0.29, 0.717) is 12.6 Å². The first-order valence-corrected chi connectivity index (χ1v) is 5.87. The lowest BCUT2D eigenvalue weighted by Crippen LogP contribution is -2.17. The summed E-state index contributed by atoms with van der Waals surface area (Å²) in [5.74, 6) is 0. The molecule has 0 amide bonds. The third kappa shape index (κ3) is 2.74. The number of nitrogens with one attached hydrogen (secondary N) is 1. The predicted octanol–water partition coefficient (Wildman–Crippen LogP) is 1.90. The first-order valence-electron chi connectivity index (χ1n) is 5.87. The molecule has 0 aliphatic carbocycles. The fourth-order valence-electron chi connectivity index (χ4n) is 1.80. The lowest BCUT2D eigenvalue weighted by molar-refractivity contribution is 0.300. The smallest absolute Gasteiger partial charge is 0.127 e. The quantitative estimate of drug-likeness (QED) is 0.858. The summed E-state index contributed by atoms with van der Waals surface area (Å²) in [7, 11) is 0. The maximum absolute atomic E-state index is 4.68. The van der Waals surface area contributed by atoms with Gasteiger partial charge >= 0.3 is 0 Å². The third-order valence-corrected chi connectivity index (χ3v) is 2.86. The van der Waals surface area contributed by atoms with Crippen LogP contribution >= 0.6 is 0 Å². The average molecular weight is 234 g/mol. The second-order valence-corrected chi connectivity index (χ2v) is 4.19. The number of hydrogen-bond acceptors (Lipinski definition) is 4. The first-order chi connectivity index (χ1) is 8.20. The minimum Gasteiger partial charge on any atom is -0.348 e. The second kappa shape index (κ2) is 5.14. The molecule has 0 aromatic carbocycles. The van der Waals surface area contributed by atoms with E-state index < -0.39 is 0 Å². The van der Waals surface area contributed by atoms with Crippen LogP contribution in [0, 0.1) is 6.92 Å². The van der Waals surface area contributed by atoms with Crippen LogP contribution in [0.3, 0.4) is 0 Å². The Bertz CT molecular complexity index is 474. The van der Waals surface area contributed by atoms with Crippen molar-refractivity contribution in [3.63, 3.8) is 0 Å². The van der Waals surface area contributed by atoms with E-state index in [1.165, 1.54) is 5.56 Å². The molecule has 0 saturated carbocycles. The molecule has 1 unspecified atom stereocenters. The van der Waals surface area contributed by atoms with Gasteiger partial charge in [0.05, 0.1) is 6.54 Å². The van der Waals surface area contributed by atoms with E-state index in [1.54, 1.807) is 0 Å². The van der Waals surface area contributed by atoms with Gasteiger partial charge in [-0.15, -0.1) is 0 Å². The molecule has 5 nitrogen and oxygen atoms in total. The fraction of sp³-hybridized carbons (Fsp3) is 0.500. The molecule has 2 heterocycles. The number of aromatic nitrogens is 3. The van der Waals surface area contributed by atoms with Crippen molar-refractivity contribution in [2.75, 3.05) is 6.54 Å². The molecule has 2 aromatic rings. The van der Waals surface area contributed by atoms with E-state index in [2.05, 4.69) is 57.1 Å². The minimum absolute atomic E-state index is 0.373. The van der Waals surface area contributed by atoms with Crippen molar-refractivity contribution in [1.82, 2.24) is 20.2 Å². The van der Waals surface area contributed by atoms with Crippen LogP contribution in [-0.2, 0) is 6.54 Å². The van der Waals surface area contributed by atoms with E-state index >= 15 is 0 Å². The highest BCUT2D eigenvalue weighted by Crippen LogP contribution is 2.13. The Morgan fingerprint density at radius 1 is 1.47 bits per heavy atom. The number of nitrogens with zero attached hydrogens (tertiary/aromatic N) is 3. The van der Waals surface area contributed by atoms with Gasteiger partial charge in [0.2, 0.25) is 0 Å². The van der Waals surface area contributed by atoms with Crippen LogP contribution in [0.15, 0.2) is 23.1 Å². The Balaban J connectivity index is 2.06. The average Bonchev–Trinajstić information content (AvgIpc) is 2.90. The van der Waals surface area contributed by atoms with Crippen molar-refractivity contribution in [3.8, 4) is 0 Å². The maximum Gasteiger partial charge on any atom is 0.127 e. The Kier molecular flexibility index (Phi) is 3.58. The zero-order valence-corrected chi connectivity index (χ0v) is 10.5. The minimum atomic E-state index is 0.373. The number of rotatable bonds is 5. The zero-order chi connectivity index (χ0) is 12.3. The van der Waals surface area contributed by atoms with Crippen molar-refractivity contribution in [1.29, 1.82) is 0 Å². The van der Waals surface area contributed by atoms with Crippen LogP contribution in [0.25, 0.3) is 0 Å². The van der Waals surface area contributed by atoms with Crippen molar-refractivity contribution < 1.29 is 4.63 Å². The van der Waals surface area contributed by atoms with E-state index in [1.807, 2.05) is 6.92 Å². The molecule has 0 fully saturated rings. The molecule has 17 heavy (non-hydrogen) atoms. The Morgan fingerprint density at radius 3 is 2.94 bits per heavy atom. The van der Waals surface area contributed by atoms with Gasteiger partial charge in [0, 0.05) is 18.4 Å². The van der Waals surface area contributed by atoms with Gasteiger partial charge in [-0.3, -0.25) is 0 Å². The normalized spacial score (nSPS) is 12.9. The molecule has 0 aliphatic heterocycles. The highest BCUT2D eigenvalue weighted by atomic mass is 16.6. The monoisotopic (exact) mass is 234 g/mol. The summed E-state index contributed by atoms with van der Waals surface area (Å²) in [4.78, 5) is 0. The standard InChI is InChI=1S/C12H18N4O/c1-4-13-9(2)11-5-6-16(7-11)8-12-10(3)14-17-15-12/h5-7,9,13H,4,8H2,1-3H3. The van der Waals surface area contributed by atoms with Gasteiger partial charge in [-0.2, -0.15) is 0 Å². The van der Waals surface area contributed by atoms with Crippen molar-refractivity contribution in [2.45, 2.75) is 33.4 Å². The summed E-state index contributed by atoms with van der Waals surface area (Å²) in [6.45, 7) is 7.84. The van der Waals surface area contributed by atoms with Crippen molar-refractivity contribution in [2.24, 2.45) is 0 Å². The topological polar surface area (TPSA) is 55.9 Å². The van der Waals surface area contributed by atoms with Crippen LogP contribution < -0.4 is 5.32 Å². The molecule has 5 heteroatoms. The van der Waals surface area contributed by atoms with Gasteiger partial charge in [0.15, 0.2) is 0 Å². The van der Waals surface area contributed by atoms with Gasteiger partial charge in [-0.25, -0.2) is 4.63 Å². The van der Waals surface area contributed by atoms with Crippen LogP contribution in [0.1, 0.15) is 36.8 Å². The van der Waals surface area contributed by atoms with E-state index in [0.717, 1.165) is 17.9 Å². The molecule has 1 atom stereocenters. The molecular weight excluding hydrogens is 216 g/mol. The lowest BCUT2D eigenvalue weighted by Gasteiger charge is -2.09. The largest absolute Gasteiger partial charge is 0.348 e. The highest BCUT2D eigenvalue weighted by Gasteiger charge is 2.08. The number of aryl methyl sites for hydroxylation is 1. The van der Waals surface area contributed by atoms with E-state index in [-0.39, 0.29) is 0 Å². The Labute approximate surface area is 101 Å². The predicted molar refractivity (Wildman–Crippen MR) is 64.7 cm³/mol. The summed E-state index contributed by atoms with van der Waals surface area (Å²) in [5.41, 5.74) is 3.00. The van der Waals surface area contributed by atoms with Gasteiger partial charge in [-0.1, -0.05) is 17.2 Å². The lowest BCUT2D eigenvalue weighted by atomic mass is 10.2. The summed E-state index contributed by atoms with van der Waals surface area (Å²) < 4.78 is 6.78. The molecule has 0 aliphatic rings. The van der Waals surface area contributed by atoms with Gasteiger partial charge in [0.1, 0.15) is 11.4 Å². The molecule has 0 radical (unpaired) electrons. The Hall–Kier alpha value is -1.62. The van der Waals surface area contributed by atoms with Gasteiger partial charge < -0.3 is 9.88 Å². The molecule has 92 valence electrons. The zero-order valence-electron chi connectivity index (χ0n) is 10.5. The summed E-state index contributed by atoms with van der Waals surface area (Å²) in [6, 6.07) is 2.49. The number of hydrogen-bond donors (Lipinski definition) is 1. The molecule has 0 bridgehead atoms. The van der Waals surface area contributed by atoms with Crippen molar-refractivity contribution in [3.05, 3.63) is 35.4 Å². The van der Waals surface area contributed by atoms with Gasteiger partial charge in [0.25, 0.3) is 0 Å². The molecule has 1 N–H and O–H groups in total. The summed E-state index contributed by atoms with van der Waals surface area (Å²) >= 11 is 0. The fourth-order valence-corrected chi connectivity index (χ4v) is 1.80. The van der Waals surface area contributed by atoms with Crippen molar-refractivity contribution >= 4 is 0 Å². The first kappa shape index (κ1) is 11.9. The van der Waals surface area contributed by atoms with E-state index in [4.69, 9.17) is 0 Å². The van der Waals surface area contributed by atoms with Crippen LogP contribution in [0.2, 0.25) is 0 Å². The maximum atomic E-state index is 4.68. The summed E-state index contributed by atoms with van der Waals surface area (Å²) in [6.07, 6.45) is 4.18. The summed E-state index contributed by atoms with van der Waals surface area (Å²) in [5, 5.41) is 11.0. The SMILES string of the molecule is CCNC(C)c1ccn(Cc2nonc2C)c1.